The fourth-order valence-electron chi connectivity index (χ4n) is 2.83. The lowest BCUT2D eigenvalue weighted by Crippen LogP contribution is -2.27. The average Bonchev–Trinajstić information content (AvgIpc) is 2.94. The molecule has 6 heteroatoms. The summed E-state index contributed by atoms with van der Waals surface area (Å²) in [7, 11) is 0. The van der Waals surface area contributed by atoms with E-state index < -0.39 is 18.5 Å². The first kappa shape index (κ1) is 20.9. The second-order valence-corrected chi connectivity index (χ2v) is 6.33. The second-order valence-electron chi connectivity index (χ2n) is 6.33. The van der Waals surface area contributed by atoms with Gasteiger partial charge in [0.2, 0.25) is 11.7 Å². The summed E-state index contributed by atoms with van der Waals surface area (Å²) in [5.74, 6) is -1.48. The van der Waals surface area contributed by atoms with Crippen molar-refractivity contribution in [3.8, 4) is 0 Å². The molecule has 0 saturated heterocycles. The number of nitrogens with zero attached hydrogens (tertiary/aromatic N) is 1. The van der Waals surface area contributed by atoms with Gasteiger partial charge in [0.15, 0.2) is 6.61 Å². The zero-order valence-electron chi connectivity index (χ0n) is 16.3. The third-order valence-corrected chi connectivity index (χ3v) is 4.16. The zero-order chi connectivity index (χ0) is 20.7. The molecular formula is C22H24N2O4. The number of benzene rings is 1. The van der Waals surface area contributed by atoms with Crippen molar-refractivity contribution in [3.63, 3.8) is 0 Å². The van der Waals surface area contributed by atoms with Gasteiger partial charge in [-0.2, -0.15) is 0 Å². The van der Waals surface area contributed by atoms with E-state index in [9.17, 15) is 14.4 Å². The smallest absolute Gasteiger partial charge is 0.355 e. The molecule has 1 aromatic carbocycles. The summed E-state index contributed by atoms with van der Waals surface area (Å²) in [6.07, 6.45) is 3.26. The maximum atomic E-state index is 12.5. The van der Waals surface area contributed by atoms with Crippen LogP contribution in [0.2, 0.25) is 0 Å². The van der Waals surface area contributed by atoms with Crippen molar-refractivity contribution in [1.82, 2.24) is 9.88 Å². The van der Waals surface area contributed by atoms with Gasteiger partial charge >= 0.3 is 5.97 Å². The van der Waals surface area contributed by atoms with E-state index in [-0.39, 0.29) is 11.5 Å². The van der Waals surface area contributed by atoms with Gasteiger partial charge in [-0.15, -0.1) is 6.58 Å². The molecule has 0 aliphatic heterocycles. The minimum atomic E-state index is -0.771. The van der Waals surface area contributed by atoms with Crippen molar-refractivity contribution in [2.45, 2.75) is 27.3 Å². The number of esters is 1. The number of nitrogens with one attached hydrogen (secondary N) is 1. The van der Waals surface area contributed by atoms with Crippen molar-refractivity contribution in [1.29, 1.82) is 0 Å². The monoisotopic (exact) mass is 380 g/mol. The first-order chi connectivity index (χ1) is 13.3. The summed E-state index contributed by atoms with van der Waals surface area (Å²) >= 11 is 0. The summed E-state index contributed by atoms with van der Waals surface area (Å²) in [4.78, 5) is 36.3. The third kappa shape index (κ3) is 5.30. The molecule has 2 aromatic rings. The van der Waals surface area contributed by atoms with Crippen LogP contribution in [0, 0.1) is 13.8 Å². The summed E-state index contributed by atoms with van der Waals surface area (Å²) in [5, 5.41) is 2.45. The van der Waals surface area contributed by atoms with Crippen LogP contribution in [0.4, 0.5) is 0 Å². The van der Waals surface area contributed by atoms with E-state index in [1.165, 1.54) is 13.0 Å². The van der Waals surface area contributed by atoms with Crippen molar-refractivity contribution >= 4 is 23.7 Å². The lowest BCUT2D eigenvalue weighted by Gasteiger charge is -2.09. The quantitative estimate of drug-likeness (QED) is 0.330. The predicted molar refractivity (Wildman–Crippen MR) is 108 cm³/mol. The van der Waals surface area contributed by atoms with Crippen molar-refractivity contribution in [2.75, 3.05) is 6.61 Å². The van der Waals surface area contributed by atoms with Crippen LogP contribution < -0.4 is 5.32 Å². The molecule has 0 radical (unpaired) electrons. The van der Waals surface area contributed by atoms with E-state index in [0.29, 0.717) is 12.1 Å². The molecule has 0 bridgehead atoms. The van der Waals surface area contributed by atoms with E-state index in [4.69, 9.17) is 4.74 Å². The largest absolute Gasteiger partial charge is 0.453 e. The van der Waals surface area contributed by atoms with Crippen LogP contribution in [-0.4, -0.2) is 28.8 Å². The number of amides is 1. The lowest BCUT2D eigenvalue weighted by molar-refractivity contribution is -0.139. The molecule has 0 fully saturated rings. The van der Waals surface area contributed by atoms with Crippen molar-refractivity contribution in [2.24, 2.45) is 0 Å². The topological polar surface area (TPSA) is 77.4 Å². The number of Topliss-reactive ketones (excluding diaryl/α,β-unsaturated/α-hetero) is 1. The van der Waals surface area contributed by atoms with Gasteiger partial charge in [0.1, 0.15) is 5.70 Å². The number of hydrogen-bond acceptors (Lipinski definition) is 4. The molecule has 0 unspecified atom stereocenters. The maximum Gasteiger partial charge on any atom is 0.355 e. The molecule has 6 nitrogen and oxygen atoms in total. The van der Waals surface area contributed by atoms with Gasteiger partial charge in [-0.1, -0.05) is 36.4 Å². The number of aryl methyl sites for hydroxylation is 1. The van der Waals surface area contributed by atoms with Crippen LogP contribution in [0.5, 0.6) is 0 Å². The van der Waals surface area contributed by atoms with Crippen molar-refractivity contribution < 1.29 is 19.1 Å². The van der Waals surface area contributed by atoms with Crippen LogP contribution in [0.1, 0.15) is 34.2 Å². The highest BCUT2D eigenvalue weighted by Gasteiger charge is 2.19. The summed E-state index contributed by atoms with van der Waals surface area (Å²) in [5.41, 5.74) is 2.92. The van der Waals surface area contributed by atoms with E-state index in [0.717, 1.165) is 17.0 Å². The standard InChI is InChI=1S/C22H24N2O4/c1-5-11-24-15(2)12-19(16(24)3)21(26)14-28-22(27)20(23-17(4)25)13-18-9-7-6-8-10-18/h5-10,12-13H,1,11,14H2,2-4H3,(H,23,25)/b20-13+. The highest BCUT2D eigenvalue weighted by atomic mass is 16.5. The molecule has 1 heterocycles. The third-order valence-electron chi connectivity index (χ3n) is 4.16. The van der Waals surface area contributed by atoms with Gasteiger partial charge in [-0.3, -0.25) is 9.59 Å². The molecule has 0 atom stereocenters. The summed E-state index contributed by atoms with van der Waals surface area (Å²) < 4.78 is 7.12. The highest BCUT2D eigenvalue weighted by molar-refractivity contribution is 6.02. The molecule has 1 N–H and O–H groups in total. The van der Waals surface area contributed by atoms with Gasteiger partial charge in [-0.25, -0.2) is 4.79 Å². The van der Waals surface area contributed by atoms with Crippen LogP contribution >= 0.6 is 0 Å². The van der Waals surface area contributed by atoms with Gasteiger partial charge in [0, 0.05) is 30.4 Å². The minimum Gasteiger partial charge on any atom is -0.453 e. The Bertz CT molecular complexity index is 924. The average molecular weight is 380 g/mol. The Labute approximate surface area is 164 Å². The van der Waals surface area contributed by atoms with Crippen LogP contribution in [0.15, 0.2) is 54.8 Å². The Morgan fingerprint density at radius 1 is 1.18 bits per heavy atom. The number of carbonyl (C=O) groups excluding carboxylic acids is 3. The molecular weight excluding hydrogens is 356 g/mol. The van der Waals surface area contributed by atoms with Gasteiger partial charge < -0.3 is 14.6 Å². The molecule has 1 amide bonds. The van der Waals surface area contributed by atoms with E-state index in [1.807, 2.05) is 36.6 Å². The second kappa shape index (κ2) is 9.50. The normalized spacial score (nSPS) is 11.0. The number of hydrogen-bond donors (Lipinski definition) is 1. The Kier molecular flexibility index (Phi) is 7.09. The summed E-state index contributed by atoms with van der Waals surface area (Å²) in [6.45, 7) is 8.93. The first-order valence-electron chi connectivity index (χ1n) is 8.85. The number of allylic oxidation sites excluding steroid dienone is 1. The first-order valence-corrected chi connectivity index (χ1v) is 8.85. The van der Waals surface area contributed by atoms with E-state index in [2.05, 4.69) is 11.9 Å². The van der Waals surface area contributed by atoms with Crippen LogP contribution in [0.3, 0.4) is 0 Å². The molecule has 0 aliphatic rings. The summed E-state index contributed by atoms with van der Waals surface area (Å²) in [6, 6.07) is 10.8. The Morgan fingerprint density at radius 2 is 1.86 bits per heavy atom. The molecule has 1 aromatic heterocycles. The molecule has 0 saturated carbocycles. The molecule has 0 spiro atoms. The number of rotatable bonds is 8. The lowest BCUT2D eigenvalue weighted by atomic mass is 10.1. The van der Waals surface area contributed by atoms with Crippen LogP contribution in [0.25, 0.3) is 6.08 Å². The van der Waals surface area contributed by atoms with E-state index >= 15 is 0 Å². The number of ketones is 1. The maximum absolute atomic E-state index is 12.5. The Hall–Kier alpha value is -3.41. The zero-order valence-corrected chi connectivity index (χ0v) is 16.3. The number of ether oxygens (including phenoxy) is 1. The predicted octanol–water partition coefficient (Wildman–Crippen LogP) is 3.19. The Morgan fingerprint density at radius 3 is 2.46 bits per heavy atom. The fraction of sp³-hybridized carbons (Fsp3) is 0.227. The molecule has 146 valence electrons. The minimum absolute atomic E-state index is 0.0244. The Balaban J connectivity index is 2.13. The fourth-order valence-corrected chi connectivity index (χ4v) is 2.83. The van der Waals surface area contributed by atoms with E-state index in [1.54, 1.807) is 24.3 Å². The van der Waals surface area contributed by atoms with Gasteiger partial charge in [0.25, 0.3) is 0 Å². The SMILES string of the molecule is C=CCn1c(C)cc(C(=O)COC(=O)/C(=C\c2ccccc2)NC(C)=O)c1C. The number of carbonyl (C=O) groups is 3. The van der Waals surface area contributed by atoms with Crippen LogP contribution in [-0.2, 0) is 20.9 Å². The molecule has 28 heavy (non-hydrogen) atoms. The molecule has 2 rings (SSSR count). The molecule has 0 aliphatic carbocycles. The van der Waals surface area contributed by atoms with Gasteiger partial charge in [-0.05, 0) is 31.6 Å². The van der Waals surface area contributed by atoms with Crippen molar-refractivity contribution in [3.05, 3.63) is 77.3 Å². The van der Waals surface area contributed by atoms with Gasteiger partial charge in [0.05, 0.1) is 0 Å². The highest BCUT2D eigenvalue weighted by Crippen LogP contribution is 2.16. The number of aromatic nitrogens is 1.